The highest BCUT2D eigenvalue weighted by molar-refractivity contribution is 5.96. The van der Waals surface area contributed by atoms with E-state index in [-0.39, 0.29) is 11.3 Å². The summed E-state index contributed by atoms with van der Waals surface area (Å²) in [6, 6.07) is 8.89. The molecule has 0 unspecified atom stereocenters. The van der Waals surface area contributed by atoms with Gasteiger partial charge in [-0.1, -0.05) is 12.1 Å². The van der Waals surface area contributed by atoms with Crippen LogP contribution in [0.4, 0.5) is 17.2 Å². The van der Waals surface area contributed by atoms with Gasteiger partial charge in [0.25, 0.3) is 0 Å². The molecule has 2 rings (SSSR count). The van der Waals surface area contributed by atoms with E-state index in [1.807, 2.05) is 24.3 Å². The number of benzene rings is 1. The van der Waals surface area contributed by atoms with E-state index in [1.54, 1.807) is 7.11 Å². The van der Waals surface area contributed by atoms with Crippen LogP contribution in [0.1, 0.15) is 15.9 Å². The summed E-state index contributed by atoms with van der Waals surface area (Å²) in [6.07, 6.45) is 1.40. The van der Waals surface area contributed by atoms with Crippen molar-refractivity contribution >= 4 is 23.2 Å². The first kappa shape index (κ1) is 13.8. The quantitative estimate of drug-likeness (QED) is 0.773. The van der Waals surface area contributed by atoms with Gasteiger partial charge in [0.2, 0.25) is 0 Å². The Morgan fingerprint density at radius 1 is 1.45 bits per heavy atom. The highest BCUT2D eigenvalue weighted by Crippen LogP contribution is 2.24. The van der Waals surface area contributed by atoms with Gasteiger partial charge in [0, 0.05) is 19.0 Å². The third kappa shape index (κ3) is 3.04. The molecule has 4 N–H and O–H groups in total. The molecule has 6 heteroatoms. The van der Waals surface area contributed by atoms with Crippen LogP contribution < -0.4 is 11.1 Å². The van der Waals surface area contributed by atoms with Crippen LogP contribution in [0, 0.1) is 0 Å². The topological polar surface area (TPSA) is 97.5 Å². The van der Waals surface area contributed by atoms with Gasteiger partial charge in [0.15, 0.2) is 5.82 Å². The van der Waals surface area contributed by atoms with Crippen molar-refractivity contribution in [3.8, 4) is 0 Å². The van der Waals surface area contributed by atoms with Crippen molar-refractivity contribution in [2.24, 2.45) is 0 Å². The number of rotatable bonds is 5. The lowest BCUT2D eigenvalue weighted by Gasteiger charge is -2.11. The van der Waals surface area contributed by atoms with Gasteiger partial charge in [-0.15, -0.1) is 0 Å². The second-order valence-corrected chi connectivity index (χ2v) is 4.18. The molecule has 0 saturated carbocycles. The van der Waals surface area contributed by atoms with Crippen molar-refractivity contribution in [1.82, 2.24) is 4.98 Å². The van der Waals surface area contributed by atoms with Gasteiger partial charge in [0.05, 0.1) is 17.9 Å². The number of carboxylic acids is 1. The Labute approximate surface area is 116 Å². The van der Waals surface area contributed by atoms with E-state index in [0.29, 0.717) is 12.4 Å². The average Bonchev–Trinajstić information content (AvgIpc) is 2.42. The van der Waals surface area contributed by atoms with Crippen LogP contribution in [0.3, 0.4) is 0 Å². The third-order valence-electron chi connectivity index (χ3n) is 2.72. The summed E-state index contributed by atoms with van der Waals surface area (Å²) in [4.78, 5) is 15.1. The molecule has 6 nitrogen and oxygen atoms in total. The lowest BCUT2D eigenvalue weighted by molar-refractivity contribution is 0.0698. The molecule has 1 heterocycles. The van der Waals surface area contributed by atoms with E-state index in [1.165, 1.54) is 12.3 Å². The van der Waals surface area contributed by atoms with Crippen LogP contribution in [-0.4, -0.2) is 23.2 Å². The minimum absolute atomic E-state index is 0.0237. The van der Waals surface area contributed by atoms with Crippen molar-refractivity contribution in [2.75, 3.05) is 18.2 Å². The van der Waals surface area contributed by atoms with Gasteiger partial charge in [0.1, 0.15) is 0 Å². The molecule has 0 atom stereocenters. The fourth-order valence-electron chi connectivity index (χ4n) is 1.80. The Morgan fingerprint density at radius 2 is 2.25 bits per heavy atom. The molecule has 0 radical (unpaired) electrons. The van der Waals surface area contributed by atoms with Crippen LogP contribution >= 0.6 is 0 Å². The molecule has 0 bridgehead atoms. The highest BCUT2D eigenvalue weighted by Gasteiger charge is 2.12. The lowest BCUT2D eigenvalue weighted by Crippen LogP contribution is -2.07. The molecule has 0 aliphatic carbocycles. The van der Waals surface area contributed by atoms with Crippen molar-refractivity contribution < 1.29 is 14.6 Å². The first-order valence-corrected chi connectivity index (χ1v) is 5.94. The lowest BCUT2D eigenvalue weighted by atomic mass is 10.2. The highest BCUT2D eigenvalue weighted by atomic mass is 16.5. The van der Waals surface area contributed by atoms with Gasteiger partial charge in [-0.2, -0.15) is 0 Å². The van der Waals surface area contributed by atoms with E-state index < -0.39 is 5.97 Å². The van der Waals surface area contributed by atoms with Crippen LogP contribution in [0.5, 0.6) is 0 Å². The zero-order chi connectivity index (χ0) is 14.5. The number of methoxy groups -OCH3 is 1. The molecular formula is C14H15N3O3. The summed E-state index contributed by atoms with van der Waals surface area (Å²) in [5.41, 5.74) is 7.69. The minimum atomic E-state index is -1.08. The normalized spacial score (nSPS) is 10.2. The smallest absolute Gasteiger partial charge is 0.337 e. The maximum Gasteiger partial charge on any atom is 0.337 e. The van der Waals surface area contributed by atoms with E-state index in [9.17, 15) is 4.79 Å². The van der Waals surface area contributed by atoms with Crippen LogP contribution in [-0.2, 0) is 11.3 Å². The summed E-state index contributed by atoms with van der Waals surface area (Å²) in [5, 5.41) is 12.0. The Kier molecular flexibility index (Phi) is 4.17. The Balaban J connectivity index is 2.28. The first-order valence-electron chi connectivity index (χ1n) is 5.94. The van der Waals surface area contributed by atoms with Gasteiger partial charge in [-0.3, -0.25) is 0 Å². The third-order valence-corrected chi connectivity index (χ3v) is 2.72. The standard InChI is InChI=1S/C14H15N3O3/c1-20-8-9-3-2-4-10(7-9)17-13-12(15)11(14(18)19)5-6-16-13/h2-7H,8,15H2,1H3,(H,16,17)(H,18,19). The summed E-state index contributed by atoms with van der Waals surface area (Å²) in [7, 11) is 1.62. The molecule has 0 amide bonds. The predicted molar refractivity (Wildman–Crippen MR) is 76.0 cm³/mol. The molecule has 2 aromatic rings. The fraction of sp³-hybridized carbons (Fsp3) is 0.143. The maximum absolute atomic E-state index is 11.0. The number of nitrogens with two attached hydrogens (primary N) is 1. The summed E-state index contributed by atoms with van der Waals surface area (Å²) < 4.78 is 5.06. The molecule has 20 heavy (non-hydrogen) atoms. The number of nitrogen functional groups attached to an aromatic ring is 1. The SMILES string of the molecule is COCc1cccc(Nc2nccc(C(=O)O)c2N)c1. The number of nitrogens with one attached hydrogen (secondary N) is 1. The number of pyridine rings is 1. The zero-order valence-corrected chi connectivity index (χ0v) is 11.0. The van der Waals surface area contributed by atoms with E-state index in [2.05, 4.69) is 10.3 Å². The number of anilines is 3. The summed E-state index contributed by atoms with van der Waals surface area (Å²) in [6.45, 7) is 0.494. The molecule has 1 aromatic carbocycles. The molecule has 104 valence electrons. The molecule has 0 fully saturated rings. The minimum Gasteiger partial charge on any atom is -0.478 e. The first-order chi connectivity index (χ1) is 9.61. The number of carboxylic acid groups (broad SMARTS) is 1. The number of hydrogen-bond donors (Lipinski definition) is 3. The van der Waals surface area contributed by atoms with Gasteiger partial charge < -0.3 is 20.9 Å². The molecule has 1 aromatic heterocycles. The number of hydrogen-bond acceptors (Lipinski definition) is 5. The van der Waals surface area contributed by atoms with Crippen LogP contribution in [0.25, 0.3) is 0 Å². The van der Waals surface area contributed by atoms with Gasteiger partial charge in [-0.25, -0.2) is 9.78 Å². The van der Waals surface area contributed by atoms with Crippen LogP contribution in [0.15, 0.2) is 36.5 Å². The Morgan fingerprint density at radius 3 is 2.95 bits per heavy atom. The number of carbonyl (C=O) groups is 1. The summed E-state index contributed by atoms with van der Waals surface area (Å²) >= 11 is 0. The fourth-order valence-corrected chi connectivity index (χ4v) is 1.80. The van der Waals surface area contributed by atoms with E-state index >= 15 is 0 Å². The number of ether oxygens (including phenoxy) is 1. The number of nitrogens with zero attached hydrogens (tertiary/aromatic N) is 1. The molecule has 0 aliphatic heterocycles. The monoisotopic (exact) mass is 273 g/mol. The van der Waals surface area contributed by atoms with Crippen LogP contribution in [0.2, 0.25) is 0 Å². The van der Waals surface area contributed by atoms with Gasteiger partial charge in [-0.05, 0) is 23.8 Å². The second kappa shape index (κ2) is 6.03. The number of aromatic carboxylic acids is 1. The van der Waals surface area contributed by atoms with Crippen molar-refractivity contribution in [1.29, 1.82) is 0 Å². The van der Waals surface area contributed by atoms with Gasteiger partial charge >= 0.3 is 5.97 Å². The van der Waals surface area contributed by atoms with Crippen molar-refractivity contribution in [3.63, 3.8) is 0 Å². The summed E-state index contributed by atoms with van der Waals surface area (Å²) in [5.74, 6) is -0.763. The average molecular weight is 273 g/mol. The Hall–Kier alpha value is -2.60. The largest absolute Gasteiger partial charge is 0.478 e. The molecular weight excluding hydrogens is 258 g/mol. The van der Waals surface area contributed by atoms with Crippen molar-refractivity contribution in [3.05, 3.63) is 47.7 Å². The van der Waals surface area contributed by atoms with Crippen molar-refractivity contribution in [2.45, 2.75) is 6.61 Å². The molecule has 0 spiro atoms. The number of aromatic nitrogens is 1. The molecule has 0 aliphatic rings. The Bertz CT molecular complexity index is 629. The molecule has 0 saturated heterocycles. The predicted octanol–water partition coefficient (Wildman–Crippen LogP) is 2.25. The second-order valence-electron chi connectivity index (χ2n) is 4.18. The zero-order valence-electron chi connectivity index (χ0n) is 11.0. The van der Waals surface area contributed by atoms with E-state index in [4.69, 9.17) is 15.6 Å². The maximum atomic E-state index is 11.0. The van der Waals surface area contributed by atoms with E-state index in [0.717, 1.165) is 11.3 Å².